The third-order valence-corrected chi connectivity index (χ3v) is 7.21. The number of alkyl halides is 3. The third kappa shape index (κ3) is 4.06. The summed E-state index contributed by atoms with van der Waals surface area (Å²) in [6.07, 6.45) is 0.144. The lowest BCUT2D eigenvalue weighted by atomic mass is 9.88. The lowest BCUT2D eigenvalue weighted by Gasteiger charge is -2.53. The van der Waals surface area contributed by atoms with Crippen LogP contribution in [-0.2, 0) is 11.0 Å². The van der Waals surface area contributed by atoms with Gasteiger partial charge in [0, 0.05) is 25.2 Å². The number of halogens is 3. The van der Waals surface area contributed by atoms with Gasteiger partial charge in [-0.2, -0.15) is 18.4 Å². The van der Waals surface area contributed by atoms with Crippen molar-refractivity contribution in [1.82, 2.24) is 9.88 Å². The van der Waals surface area contributed by atoms with Gasteiger partial charge in [-0.1, -0.05) is 6.07 Å². The summed E-state index contributed by atoms with van der Waals surface area (Å²) in [5.41, 5.74) is -1.32. The third-order valence-electron chi connectivity index (χ3n) is 7.21. The van der Waals surface area contributed by atoms with Gasteiger partial charge < -0.3 is 14.5 Å². The Labute approximate surface area is 195 Å². The maximum atomic E-state index is 13.8. The molecule has 2 bridgehead atoms. The highest BCUT2D eigenvalue weighted by molar-refractivity contribution is 5.87. The largest absolute Gasteiger partial charge is 0.477 e. The predicted octanol–water partition coefficient (Wildman–Crippen LogP) is 4.54. The molecule has 2 unspecified atom stereocenters. The Hall–Kier alpha value is -3.28. The fraction of sp³-hybridized carbons (Fsp3) is 0.480. The summed E-state index contributed by atoms with van der Waals surface area (Å²) in [7, 11) is 0. The van der Waals surface area contributed by atoms with Gasteiger partial charge in [0.15, 0.2) is 5.60 Å². The minimum atomic E-state index is -4.50. The van der Waals surface area contributed by atoms with Gasteiger partial charge in [0.1, 0.15) is 17.3 Å². The maximum Gasteiger partial charge on any atom is 0.433 e. The molecule has 2 aromatic rings. The number of piperidine rings is 2. The number of nitriles is 1. The highest BCUT2D eigenvalue weighted by atomic mass is 19.4. The Kier molecular flexibility index (Phi) is 5.62. The van der Waals surface area contributed by atoms with Crippen LogP contribution >= 0.6 is 0 Å². The van der Waals surface area contributed by atoms with Crippen LogP contribution in [0, 0.1) is 11.3 Å². The molecule has 1 aromatic heterocycles. The van der Waals surface area contributed by atoms with E-state index in [0.717, 1.165) is 31.7 Å². The van der Waals surface area contributed by atoms with E-state index >= 15 is 0 Å². The summed E-state index contributed by atoms with van der Waals surface area (Å²) in [6, 6.07) is 12.6. The van der Waals surface area contributed by atoms with Crippen molar-refractivity contribution in [2.45, 2.75) is 62.4 Å². The Morgan fingerprint density at radius 1 is 1.06 bits per heavy atom. The van der Waals surface area contributed by atoms with E-state index in [9.17, 15) is 18.0 Å². The molecular weight excluding hydrogens is 445 g/mol. The first kappa shape index (κ1) is 22.5. The number of nitrogens with zero attached hydrogens (tertiary/aromatic N) is 4. The number of aromatic nitrogens is 1. The van der Waals surface area contributed by atoms with E-state index in [1.165, 1.54) is 6.07 Å². The number of pyridine rings is 1. The van der Waals surface area contributed by atoms with Crippen LogP contribution in [0.1, 0.15) is 49.8 Å². The standard InChI is InChI=1S/C25H25F3N4O2/c26-25(27,28)21-4-3-5-22(30-21)31-15-19-9-8-18(31)16-32(19)23(33)24(12-1-2-13-24)34-20-10-6-17(14-29)7-11-20/h3-7,10-11,18-19H,1-2,8-9,12-13,15-16H2. The number of piperazine rings is 1. The molecule has 1 aliphatic carbocycles. The molecule has 0 radical (unpaired) electrons. The minimum absolute atomic E-state index is 0.0410. The highest BCUT2D eigenvalue weighted by Gasteiger charge is 2.51. The van der Waals surface area contributed by atoms with Crippen LogP contribution < -0.4 is 9.64 Å². The van der Waals surface area contributed by atoms with E-state index in [1.807, 2.05) is 9.80 Å². The minimum Gasteiger partial charge on any atom is -0.477 e. The molecule has 1 amide bonds. The monoisotopic (exact) mass is 470 g/mol. The zero-order valence-corrected chi connectivity index (χ0v) is 18.6. The van der Waals surface area contributed by atoms with Crippen LogP contribution in [0.2, 0.25) is 0 Å². The van der Waals surface area contributed by atoms with Crippen molar-refractivity contribution in [1.29, 1.82) is 5.26 Å². The zero-order valence-electron chi connectivity index (χ0n) is 18.6. The lowest BCUT2D eigenvalue weighted by molar-refractivity contribution is -0.153. The second-order valence-electron chi connectivity index (χ2n) is 9.31. The molecule has 4 aliphatic rings. The zero-order chi connectivity index (χ0) is 23.9. The van der Waals surface area contributed by atoms with E-state index in [1.54, 1.807) is 30.3 Å². The summed E-state index contributed by atoms with van der Waals surface area (Å²) < 4.78 is 45.8. The fourth-order valence-electron chi connectivity index (χ4n) is 5.49. The number of hydrogen-bond acceptors (Lipinski definition) is 5. The maximum absolute atomic E-state index is 13.8. The summed E-state index contributed by atoms with van der Waals surface area (Å²) >= 11 is 0. The number of fused-ring (bicyclic) bond motifs is 3. The van der Waals surface area contributed by atoms with Gasteiger partial charge >= 0.3 is 6.18 Å². The van der Waals surface area contributed by atoms with Gasteiger partial charge in [-0.3, -0.25) is 4.79 Å². The van der Waals surface area contributed by atoms with Crippen molar-refractivity contribution in [2.75, 3.05) is 18.0 Å². The summed E-state index contributed by atoms with van der Waals surface area (Å²) in [5.74, 6) is 0.827. The quantitative estimate of drug-likeness (QED) is 0.656. The first-order valence-corrected chi connectivity index (χ1v) is 11.6. The molecule has 1 aromatic carbocycles. The summed E-state index contributed by atoms with van der Waals surface area (Å²) in [4.78, 5) is 21.5. The van der Waals surface area contributed by atoms with Gasteiger partial charge in [0.05, 0.1) is 11.6 Å². The normalized spacial score (nSPS) is 23.6. The van der Waals surface area contributed by atoms with E-state index in [-0.39, 0.29) is 18.0 Å². The number of carbonyl (C=O) groups is 1. The SMILES string of the molecule is N#Cc1ccc(OC2(C(=O)N3CC4CCC3CN4c3cccc(C(F)(F)F)n3)CCCC2)cc1. The van der Waals surface area contributed by atoms with Gasteiger partial charge in [-0.05, 0) is 74.9 Å². The van der Waals surface area contributed by atoms with Crippen molar-refractivity contribution in [3.8, 4) is 11.8 Å². The molecule has 178 valence electrons. The smallest absolute Gasteiger partial charge is 0.433 e. The first-order valence-electron chi connectivity index (χ1n) is 11.6. The average Bonchev–Trinajstić information content (AvgIpc) is 3.33. The van der Waals surface area contributed by atoms with E-state index in [4.69, 9.17) is 10.00 Å². The number of amides is 1. The van der Waals surface area contributed by atoms with Crippen LogP contribution in [0.5, 0.6) is 5.75 Å². The Bertz CT molecular complexity index is 1110. The predicted molar refractivity (Wildman–Crippen MR) is 118 cm³/mol. The van der Waals surface area contributed by atoms with Gasteiger partial charge in [0.25, 0.3) is 5.91 Å². The number of ether oxygens (including phenoxy) is 1. The van der Waals surface area contributed by atoms with Crippen molar-refractivity contribution in [2.24, 2.45) is 0 Å². The number of benzene rings is 1. The van der Waals surface area contributed by atoms with E-state index in [2.05, 4.69) is 11.1 Å². The Morgan fingerprint density at radius 3 is 2.38 bits per heavy atom. The highest BCUT2D eigenvalue weighted by Crippen LogP contribution is 2.40. The van der Waals surface area contributed by atoms with Crippen LogP contribution in [0.15, 0.2) is 42.5 Å². The first-order chi connectivity index (χ1) is 16.3. The van der Waals surface area contributed by atoms with E-state index < -0.39 is 17.5 Å². The number of carbonyl (C=O) groups excluding carboxylic acids is 1. The molecule has 9 heteroatoms. The molecule has 0 N–H and O–H groups in total. The number of hydrogen-bond donors (Lipinski definition) is 0. The molecule has 6 rings (SSSR count). The molecule has 3 saturated heterocycles. The van der Waals surface area contributed by atoms with Crippen molar-refractivity contribution >= 4 is 11.7 Å². The average molecular weight is 470 g/mol. The van der Waals surface area contributed by atoms with Crippen molar-refractivity contribution in [3.63, 3.8) is 0 Å². The van der Waals surface area contributed by atoms with Crippen molar-refractivity contribution in [3.05, 3.63) is 53.7 Å². The summed E-state index contributed by atoms with van der Waals surface area (Å²) in [6.45, 7) is 0.900. The van der Waals surface area contributed by atoms with Crippen LogP contribution in [0.4, 0.5) is 19.0 Å². The van der Waals surface area contributed by atoms with E-state index in [0.29, 0.717) is 43.1 Å². The van der Waals surface area contributed by atoms with Crippen LogP contribution in [-0.4, -0.2) is 46.6 Å². The molecule has 2 atom stereocenters. The second kappa shape index (κ2) is 8.49. The second-order valence-corrected chi connectivity index (χ2v) is 9.31. The lowest BCUT2D eigenvalue weighted by Crippen LogP contribution is -2.67. The van der Waals surface area contributed by atoms with Crippen molar-refractivity contribution < 1.29 is 22.7 Å². The van der Waals surface area contributed by atoms with Gasteiger partial charge in [0.2, 0.25) is 0 Å². The molecule has 1 saturated carbocycles. The molecule has 4 heterocycles. The van der Waals surface area contributed by atoms with Crippen LogP contribution in [0.25, 0.3) is 0 Å². The molecule has 4 fully saturated rings. The van der Waals surface area contributed by atoms with Gasteiger partial charge in [-0.25, -0.2) is 4.98 Å². The molecule has 3 aliphatic heterocycles. The van der Waals surface area contributed by atoms with Crippen LogP contribution in [0.3, 0.4) is 0 Å². The fourth-order valence-corrected chi connectivity index (χ4v) is 5.49. The Balaban J connectivity index is 1.35. The number of anilines is 1. The number of rotatable bonds is 4. The Morgan fingerprint density at radius 2 is 1.76 bits per heavy atom. The van der Waals surface area contributed by atoms with Gasteiger partial charge in [-0.15, -0.1) is 0 Å². The molecule has 6 nitrogen and oxygen atoms in total. The molecular formula is C25H25F3N4O2. The molecule has 0 spiro atoms. The summed E-state index contributed by atoms with van der Waals surface area (Å²) in [5, 5.41) is 9.03. The topological polar surface area (TPSA) is 69.5 Å². The molecule has 34 heavy (non-hydrogen) atoms.